The van der Waals surface area contributed by atoms with Crippen LogP contribution in [0.15, 0.2) is 66.7 Å². The van der Waals surface area contributed by atoms with E-state index in [2.05, 4.69) is 26.5 Å². The molecule has 1 saturated carbocycles. The van der Waals surface area contributed by atoms with E-state index < -0.39 is 10.8 Å². The van der Waals surface area contributed by atoms with Gasteiger partial charge in [0.25, 0.3) is 17.5 Å². The molecule has 1 saturated heterocycles. The lowest BCUT2D eigenvalue weighted by Gasteiger charge is -2.38. The predicted molar refractivity (Wildman–Crippen MR) is 159 cm³/mol. The molecule has 1 aliphatic heterocycles. The number of anilines is 3. The van der Waals surface area contributed by atoms with Crippen LogP contribution in [0.4, 0.5) is 22.7 Å². The zero-order chi connectivity index (χ0) is 28.8. The Bertz CT molecular complexity index is 1410. The molecule has 0 bridgehead atoms. The Labute approximate surface area is 239 Å². The van der Waals surface area contributed by atoms with Crippen molar-refractivity contribution >= 4 is 34.6 Å². The number of carbonyl (C=O) groups excluding carboxylic acids is 2. The van der Waals surface area contributed by atoms with E-state index in [0.29, 0.717) is 24.3 Å². The van der Waals surface area contributed by atoms with Crippen LogP contribution in [0.5, 0.6) is 5.75 Å². The van der Waals surface area contributed by atoms with Gasteiger partial charge in [0, 0.05) is 61.3 Å². The number of amides is 2. The molecule has 2 amide bonds. The highest BCUT2D eigenvalue weighted by Crippen LogP contribution is 2.31. The van der Waals surface area contributed by atoms with Gasteiger partial charge in [-0.3, -0.25) is 19.7 Å². The lowest BCUT2D eigenvalue weighted by molar-refractivity contribution is -0.384. The van der Waals surface area contributed by atoms with Gasteiger partial charge in [0.2, 0.25) is 0 Å². The molecule has 2 fully saturated rings. The summed E-state index contributed by atoms with van der Waals surface area (Å²) < 4.78 is 5.55. The number of hydrogen-bond donors (Lipinski definition) is 2. The molecule has 2 N–H and O–H groups in total. The first-order valence-corrected chi connectivity index (χ1v) is 14.1. The molecular weight excluding hydrogens is 522 g/mol. The van der Waals surface area contributed by atoms with Crippen LogP contribution in [0.3, 0.4) is 0 Å². The Morgan fingerprint density at radius 2 is 1.56 bits per heavy atom. The quantitative estimate of drug-likeness (QED) is 0.287. The number of nitro groups is 1. The summed E-state index contributed by atoms with van der Waals surface area (Å²) >= 11 is 0. The fourth-order valence-corrected chi connectivity index (χ4v) is 5.62. The normalized spacial score (nSPS) is 15.7. The van der Waals surface area contributed by atoms with Gasteiger partial charge in [-0.25, -0.2) is 0 Å². The van der Waals surface area contributed by atoms with E-state index in [1.807, 2.05) is 24.3 Å². The maximum atomic E-state index is 13.6. The molecule has 0 aromatic heterocycles. The van der Waals surface area contributed by atoms with Gasteiger partial charge in [0.05, 0.1) is 23.3 Å². The van der Waals surface area contributed by atoms with E-state index >= 15 is 0 Å². The van der Waals surface area contributed by atoms with E-state index in [0.717, 1.165) is 55.9 Å². The van der Waals surface area contributed by atoms with Gasteiger partial charge in [0.15, 0.2) is 0 Å². The molecule has 5 rings (SSSR count). The van der Waals surface area contributed by atoms with E-state index in [1.54, 1.807) is 19.2 Å². The number of nitro benzene ring substituents is 1. The van der Waals surface area contributed by atoms with Crippen molar-refractivity contribution in [2.75, 3.05) is 48.4 Å². The van der Waals surface area contributed by atoms with Crippen LogP contribution in [0, 0.1) is 10.1 Å². The summed E-state index contributed by atoms with van der Waals surface area (Å²) in [6.07, 6.45) is 5.31. The molecule has 41 heavy (non-hydrogen) atoms. The second-order valence-corrected chi connectivity index (χ2v) is 10.4. The zero-order valence-electron chi connectivity index (χ0n) is 23.2. The summed E-state index contributed by atoms with van der Waals surface area (Å²) in [6.45, 7) is 2.94. The summed E-state index contributed by atoms with van der Waals surface area (Å²) in [4.78, 5) is 41.7. The smallest absolute Gasteiger partial charge is 0.270 e. The third-order valence-corrected chi connectivity index (χ3v) is 7.80. The van der Waals surface area contributed by atoms with Crippen molar-refractivity contribution in [3.05, 3.63) is 88.0 Å². The molecule has 10 heteroatoms. The van der Waals surface area contributed by atoms with Gasteiger partial charge in [-0.15, -0.1) is 0 Å². The minimum absolute atomic E-state index is 0.134. The molecule has 3 aromatic carbocycles. The zero-order valence-corrected chi connectivity index (χ0v) is 23.2. The molecule has 0 spiro atoms. The van der Waals surface area contributed by atoms with Crippen LogP contribution in [-0.2, 0) is 0 Å². The molecule has 0 unspecified atom stereocenters. The molecular formula is C31H35N5O5. The third-order valence-electron chi connectivity index (χ3n) is 7.80. The first-order valence-electron chi connectivity index (χ1n) is 14.1. The summed E-state index contributed by atoms with van der Waals surface area (Å²) in [7, 11) is 1.67. The molecule has 1 aliphatic carbocycles. The topological polar surface area (TPSA) is 117 Å². The highest BCUT2D eigenvalue weighted by atomic mass is 16.6. The van der Waals surface area contributed by atoms with E-state index in [4.69, 9.17) is 4.74 Å². The lowest BCUT2D eigenvalue weighted by Crippen LogP contribution is -2.47. The van der Waals surface area contributed by atoms with Gasteiger partial charge in [-0.05, 0) is 49.2 Å². The van der Waals surface area contributed by atoms with Crippen LogP contribution < -0.4 is 25.2 Å². The van der Waals surface area contributed by atoms with Crippen molar-refractivity contribution in [1.82, 2.24) is 5.32 Å². The van der Waals surface area contributed by atoms with Crippen LogP contribution in [0.1, 0.15) is 52.8 Å². The van der Waals surface area contributed by atoms with Gasteiger partial charge in [-0.2, -0.15) is 0 Å². The van der Waals surface area contributed by atoms with Crippen molar-refractivity contribution in [3.63, 3.8) is 0 Å². The van der Waals surface area contributed by atoms with E-state index in [-0.39, 0.29) is 23.2 Å². The fourth-order valence-electron chi connectivity index (χ4n) is 5.62. The number of non-ortho nitro benzene ring substituents is 1. The summed E-state index contributed by atoms with van der Waals surface area (Å²) in [5, 5.41) is 17.2. The van der Waals surface area contributed by atoms with Crippen LogP contribution in [0.25, 0.3) is 0 Å². The molecule has 1 heterocycles. The Hall–Kier alpha value is -4.60. The number of carbonyl (C=O) groups is 2. The first kappa shape index (κ1) is 27.9. The lowest BCUT2D eigenvalue weighted by atomic mass is 9.95. The van der Waals surface area contributed by atoms with Crippen molar-refractivity contribution < 1.29 is 19.2 Å². The Morgan fingerprint density at radius 3 is 2.27 bits per heavy atom. The Kier molecular flexibility index (Phi) is 8.67. The number of ether oxygens (including phenoxy) is 1. The molecule has 214 valence electrons. The number of hydrogen-bond acceptors (Lipinski definition) is 7. The van der Waals surface area contributed by atoms with Crippen molar-refractivity contribution in [3.8, 4) is 5.75 Å². The summed E-state index contributed by atoms with van der Waals surface area (Å²) in [6, 6.07) is 19.0. The van der Waals surface area contributed by atoms with Crippen LogP contribution in [0.2, 0.25) is 0 Å². The number of benzene rings is 3. The second-order valence-electron chi connectivity index (χ2n) is 10.4. The third kappa shape index (κ3) is 6.59. The average molecular weight is 558 g/mol. The van der Waals surface area contributed by atoms with Gasteiger partial charge in [0.1, 0.15) is 5.75 Å². The molecule has 0 atom stereocenters. The van der Waals surface area contributed by atoms with Crippen LogP contribution >= 0.6 is 0 Å². The average Bonchev–Trinajstić information content (AvgIpc) is 3.01. The monoisotopic (exact) mass is 557 g/mol. The number of nitrogens with zero attached hydrogens (tertiary/aromatic N) is 3. The number of piperazine rings is 1. The Balaban J connectivity index is 1.37. The molecule has 2 aliphatic rings. The minimum atomic E-state index is -0.535. The van der Waals surface area contributed by atoms with E-state index in [1.165, 1.54) is 30.7 Å². The van der Waals surface area contributed by atoms with Crippen molar-refractivity contribution in [1.29, 1.82) is 0 Å². The van der Waals surface area contributed by atoms with Crippen molar-refractivity contribution in [2.45, 2.75) is 38.1 Å². The largest absolute Gasteiger partial charge is 0.495 e. The number of nitrogens with one attached hydrogen (secondary N) is 2. The number of methoxy groups -OCH3 is 1. The highest BCUT2D eigenvalue weighted by molar-refractivity contribution is 6.06. The van der Waals surface area contributed by atoms with Crippen LogP contribution in [-0.4, -0.2) is 56.1 Å². The van der Waals surface area contributed by atoms with Gasteiger partial charge >= 0.3 is 0 Å². The minimum Gasteiger partial charge on any atom is -0.495 e. The van der Waals surface area contributed by atoms with E-state index in [9.17, 15) is 19.7 Å². The van der Waals surface area contributed by atoms with Gasteiger partial charge in [-0.1, -0.05) is 37.5 Å². The highest BCUT2D eigenvalue weighted by Gasteiger charge is 2.25. The SMILES string of the molecule is COc1ccccc1N1CCN(c2ccc(NC(=O)c3cccc([N+](=O)[O-])c3)cc2C(=O)NC2CCCCC2)CC1. The Morgan fingerprint density at radius 1 is 0.854 bits per heavy atom. The maximum Gasteiger partial charge on any atom is 0.270 e. The predicted octanol–water partition coefficient (Wildman–Crippen LogP) is 5.24. The number of rotatable bonds is 8. The molecule has 0 radical (unpaired) electrons. The number of para-hydroxylation sites is 2. The second kappa shape index (κ2) is 12.7. The molecule has 10 nitrogen and oxygen atoms in total. The summed E-state index contributed by atoms with van der Waals surface area (Å²) in [5.74, 6) is 0.188. The first-order chi connectivity index (χ1) is 19.9. The maximum absolute atomic E-state index is 13.6. The molecule has 3 aromatic rings. The fraction of sp³-hybridized carbons (Fsp3) is 0.355. The summed E-state index contributed by atoms with van der Waals surface area (Å²) in [5.41, 5.74) is 2.82. The van der Waals surface area contributed by atoms with Gasteiger partial charge < -0.3 is 25.2 Å². The van der Waals surface area contributed by atoms with Crippen molar-refractivity contribution in [2.24, 2.45) is 0 Å². The standard InChI is InChI=1S/C31H35N5O5/c1-41-29-13-6-5-12-28(29)35-18-16-34(17-19-35)27-15-14-24(21-26(27)31(38)32-23-9-3-2-4-10-23)33-30(37)22-8-7-11-25(20-22)36(39)40/h5-8,11-15,20-21,23H,2-4,9-10,16-19H2,1H3,(H,32,38)(H,33,37).